The van der Waals surface area contributed by atoms with Crippen LogP contribution in [-0.4, -0.2) is 50.7 Å². The summed E-state index contributed by atoms with van der Waals surface area (Å²) in [5.41, 5.74) is 0.700. The van der Waals surface area contributed by atoms with Crippen molar-refractivity contribution in [2.24, 2.45) is 0 Å². The molecule has 0 bridgehead atoms. The third kappa shape index (κ3) is 4.37. The molecule has 0 unspecified atom stereocenters. The minimum Gasteiger partial charge on any atom is -0.370 e. The van der Waals surface area contributed by atoms with Crippen molar-refractivity contribution in [1.82, 2.24) is 0 Å². The zero-order chi connectivity index (χ0) is 18.4. The summed E-state index contributed by atoms with van der Waals surface area (Å²) in [7, 11) is 0. The highest BCUT2D eigenvalue weighted by atomic mass is 19.1. The third-order valence-corrected chi connectivity index (χ3v) is 4.75. The second kappa shape index (κ2) is 8.62. The molecule has 1 fully saturated rings. The van der Waals surface area contributed by atoms with E-state index in [0.717, 1.165) is 25.7 Å². The predicted molar refractivity (Wildman–Crippen MR) is 94.6 cm³/mol. The summed E-state index contributed by atoms with van der Waals surface area (Å²) < 4.78 is 14.4. The SMILES string of the molecule is CCN(CC)c1cc(N2CC[NH+](CCC#N)CC2)c([N+](=O)[O-])cc1F. The number of halogens is 1. The molecule has 1 saturated heterocycles. The number of nitro benzene ring substituents is 1. The number of quaternary nitrogens is 1. The van der Waals surface area contributed by atoms with Gasteiger partial charge < -0.3 is 14.7 Å². The fraction of sp³-hybridized carbons (Fsp3) is 0.588. The topological polar surface area (TPSA) is 77.8 Å². The van der Waals surface area contributed by atoms with E-state index in [4.69, 9.17) is 5.26 Å². The van der Waals surface area contributed by atoms with Crippen molar-refractivity contribution >= 4 is 17.1 Å². The maximum atomic E-state index is 14.4. The Morgan fingerprint density at radius 1 is 1.36 bits per heavy atom. The highest BCUT2D eigenvalue weighted by molar-refractivity contribution is 5.71. The van der Waals surface area contributed by atoms with E-state index < -0.39 is 10.7 Å². The molecule has 2 rings (SSSR count). The standard InChI is InChI=1S/C17H24FN5O2/c1-3-21(4-2)15-13-16(17(23(24)25)12-14(15)18)22-10-8-20(9-11-22)7-5-6-19/h12-13H,3-5,7-11H2,1-2H3/p+1. The minimum absolute atomic E-state index is 0.186. The number of hydrogen-bond acceptors (Lipinski definition) is 5. The molecule has 0 amide bonds. The number of piperazine rings is 1. The normalized spacial score (nSPS) is 15.0. The summed E-state index contributed by atoms with van der Waals surface area (Å²) in [6.07, 6.45) is 0.512. The van der Waals surface area contributed by atoms with Crippen LogP contribution in [0.3, 0.4) is 0 Å². The van der Waals surface area contributed by atoms with E-state index in [-0.39, 0.29) is 5.69 Å². The first-order valence-corrected chi connectivity index (χ1v) is 8.70. The smallest absolute Gasteiger partial charge is 0.295 e. The van der Waals surface area contributed by atoms with Crippen LogP contribution in [0.15, 0.2) is 12.1 Å². The molecule has 0 radical (unpaired) electrons. The molecule has 0 saturated carbocycles. The zero-order valence-electron chi connectivity index (χ0n) is 14.8. The van der Waals surface area contributed by atoms with Crippen molar-refractivity contribution in [3.63, 3.8) is 0 Å². The number of anilines is 2. The van der Waals surface area contributed by atoms with Gasteiger partial charge in [0.25, 0.3) is 5.69 Å². The van der Waals surface area contributed by atoms with Crippen molar-refractivity contribution in [1.29, 1.82) is 5.26 Å². The van der Waals surface area contributed by atoms with Crippen LogP contribution in [0.5, 0.6) is 0 Å². The van der Waals surface area contributed by atoms with E-state index >= 15 is 0 Å². The molecule has 1 heterocycles. The van der Waals surface area contributed by atoms with Gasteiger partial charge in [0.1, 0.15) is 5.69 Å². The number of hydrogen-bond donors (Lipinski definition) is 1. The average Bonchev–Trinajstić information content (AvgIpc) is 2.62. The highest BCUT2D eigenvalue weighted by Gasteiger charge is 2.28. The highest BCUT2D eigenvalue weighted by Crippen LogP contribution is 2.35. The molecule has 1 N–H and O–H groups in total. The molecule has 136 valence electrons. The van der Waals surface area contributed by atoms with Gasteiger partial charge in [0, 0.05) is 13.1 Å². The number of benzene rings is 1. The van der Waals surface area contributed by atoms with Gasteiger partial charge in [-0.05, 0) is 19.9 Å². The molecule has 0 spiro atoms. The molecule has 1 aromatic carbocycles. The van der Waals surface area contributed by atoms with Gasteiger partial charge in [-0.1, -0.05) is 0 Å². The summed E-state index contributed by atoms with van der Waals surface area (Å²) in [6, 6.07) is 4.80. The zero-order valence-corrected chi connectivity index (χ0v) is 14.8. The van der Waals surface area contributed by atoms with Crippen LogP contribution in [0.4, 0.5) is 21.5 Å². The van der Waals surface area contributed by atoms with Crippen LogP contribution in [-0.2, 0) is 0 Å². The number of nitrogens with zero attached hydrogens (tertiary/aromatic N) is 4. The van der Waals surface area contributed by atoms with Gasteiger partial charge >= 0.3 is 0 Å². The van der Waals surface area contributed by atoms with E-state index in [9.17, 15) is 14.5 Å². The van der Waals surface area contributed by atoms with E-state index in [2.05, 4.69) is 6.07 Å². The first-order chi connectivity index (χ1) is 12.0. The van der Waals surface area contributed by atoms with Crippen molar-refractivity contribution in [2.75, 3.05) is 55.6 Å². The fourth-order valence-electron chi connectivity index (χ4n) is 3.29. The number of nitriles is 1. The Morgan fingerprint density at radius 2 is 2.00 bits per heavy atom. The van der Waals surface area contributed by atoms with Gasteiger partial charge in [-0.25, -0.2) is 4.39 Å². The van der Waals surface area contributed by atoms with E-state index in [1.165, 1.54) is 4.90 Å². The van der Waals surface area contributed by atoms with Crippen molar-refractivity contribution < 1.29 is 14.2 Å². The van der Waals surface area contributed by atoms with Crippen LogP contribution in [0.1, 0.15) is 20.3 Å². The lowest BCUT2D eigenvalue weighted by Crippen LogP contribution is -3.14. The molecule has 7 nitrogen and oxygen atoms in total. The summed E-state index contributed by atoms with van der Waals surface area (Å²) in [5, 5.41) is 20.1. The lowest BCUT2D eigenvalue weighted by Gasteiger charge is -2.33. The van der Waals surface area contributed by atoms with Gasteiger partial charge in [0.15, 0.2) is 5.82 Å². The van der Waals surface area contributed by atoms with Gasteiger partial charge in [-0.15, -0.1) is 0 Å². The van der Waals surface area contributed by atoms with E-state index in [1.54, 1.807) is 6.07 Å². The summed E-state index contributed by atoms with van der Waals surface area (Å²) in [5.74, 6) is -0.558. The lowest BCUT2D eigenvalue weighted by molar-refractivity contribution is -0.900. The molecule has 0 aromatic heterocycles. The van der Waals surface area contributed by atoms with E-state index in [0.29, 0.717) is 44.0 Å². The molecular formula is C17H25FN5O2+. The summed E-state index contributed by atoms with van der Waals surface area (Å²) in [4.78, 5) is 16.0. The Bertz CT molecular complexity index is 649. The number of rotatable bonds is 7. The quantitative estimate of drug-likeness (QED) is 0.591. The molecule has 1 aliphatic heterocycles. The first kappa shape index (κ1) is 18.9. The Hall–Kier alpha value is -2.40. The van der Waals surface area contributed by atoms with Gasteiger partial charge in [0.05, 0.1) is 61.9 Å². The van der Waals surface area contributed by atoms with Gasteiger partial charge in [-0.3, -0.25) is 10.1 Å². The Kier molecular flexibility index (Phi) is 6.53. The Balaban J connectivity index is 2.28. The summed E-state index contributed by atoms with van der Waals surface area (Å²) in [6.45, 7) is 8.88. The average molecular weight is 350 g/mol. The predicted octanol–water partition coefficient (Wildman–Crippen LogP) is 1.20. The molecule has 1 aromatic rings. The molecular weight excluding hydrogens is 325 g/mol. The van der Waals surface area contributed by atoms with Gasteiger partial charge in [0.2, 0.25) is 0 Å². The largest absolute Gasteiger partial charge is 0.370 e. The first-order valence-electron chi connectivity index (χ1n) is 8.70. The van der Waals surface area contributed by atoms with Crippen LogP contribution >= 0.6 is 0 Å². The third-order valence-electron chi connectivity index (χ3n) is 4.75. The summed E-state index contributed by atoms with van der Waals surface area (Å²) >= 11 is 0. The lowest BCUT2D eigenvalue weighted by atomic mass is 10.1. The van der Waals surface area contributed by atoms with Crippen LogP contribution in [0.25, 0.3) is 0 Å². The fourth-order valence-corrected chi connectivity index (χ4v) is 3.29. The maximum absolute atomic E-state index is 14.4. The van der Waals surface area contributed by atoms with Crippen LogP contribution < -0.4 is 14.7 Å². The van der Waals surface area contributed by atoms with Crippen molar-refractivity contribution in [2.45, 2.75) is 20.3 Å². The molecule has 0 atom stereocenters. The number of nitrogens with one attached hydrogen (secondary N) is 1. The van der Waals surface area contributed by atoms with Crippen molar-refractivity contribution in [3.8, 4) is 6.07 Å². The van der Waals surface area contributed by atoms with Crippen molar-refractivity contribution in [3.05, 3.63) is 28.1 Å². The Morgan fingerprint density at radius 3 is 2.52 bits per heavy atom. The molecule has 1 aliphatic rings. The second-order valence-corrected chi connectivity index (χ2v) is 6.12. The van der Waals surface area contributed by atoms with Crippen LogP contribution in [0, 0.1) is 27.3 Å². The van der Waals surface area contributed by atoms with Gasteiger partial charge in [-0.2, -0.15) is 5.26 Å². The molecule has 8 heteroatoms. The number of nitro groups is 1. The Labute approximate surface area is 147 Å². The van der Waals surface area contributed by atoms with E-state index in [1.807, 2.05) is 23.6 Å². The monoisotopic (exact) mass is 350 g/mol. The minimum atomic E-state index is -0.558. The maximum Gasteiger partial charge on any atom is 0.295 e. The second-order valence-electron chi connectivity index (χ2n) is 6.12. The molecule has 0 aliphatic carbocycles. The molecule has 25 heavy (non-hydrogen) atoms. The van der Waals surface area contributed by atoms with Crippen LogP contribution in [0.2, 0.25) is 0 Å².